The third kappa shape index (κ3) is 5.21. The Morgan fingerprint density at radius 3 is 2.09 bits per heavy atom. The third-order valence-electron chi connectivity index (χ3n) is 3.29. The molecule has 0 aliphatic heterocycles. The highest BCUT2D eigenvalue weighted by atomic mass is 19.1. The molecule has 0 aliphatic carbocycles. The van der Waals surface area contributed by atoms with Gasteiger partial charge in [0.15, 0.2) is 0 Å². The number of hydrogen-bond donors (Lipinski definition) is 2. The number of hydrogen-bond acceptors (Lipinski definition) is 2. The fourth-order valence-electron chi connectivity index (χ4n) is 2.00. The molecule has 120 valence electrons. The molecule has 0 radical (unpaired) electrons. The molecule has 2 N–H and O–H groups in total. The lowest BCUT2D eigenvalue weighted by Crippen LogP contribution is -2.13. The van der Waals surface area contributed by atoms with Crippen LogP contribution in [0.4, 0.5) is 15.8 Å². The topological polar surface area (TPSA) is 58.2 Å². The predicted octanol–water partition coefficient (Wildman–Crippen LogP) is 4.21. The lowest BCUT2D eigenvalue weighted by molar-refractivity contribution is -0.116. The smallest absolute Gasteiger partial charge is 0.255 e. The predicted molar refractivity (Wildman–Crippen MR) is 88.9 cm³/mol. The number of carbonyl (C=O) groups is 2. The molecule has 2 rings (SSSR count). The molecule has 0 aliphatic rings. The van der Waals surface area contributed by atoms with Crippen molar-refractivity contribution >= 4 is 23.2 Å². The summed E-state index contributed by atoms with van der Waals surface area (Å²) in [6.07, 6.45) is 2.31. The van der Waals surface area contributed by atoms with E-state index in [2.05, 4.69) is 10.6 Å². The summed E-state index contributed by atoms with van der Waals surface area (Å²) in [5.41, 5.74) is 1.64. The van der Waals surface area contributed by atoms with E-state index < -0.39 is 0 Å². The van der Waals surface area contributed by atoms with E-state index in [1.165, 1.54) is 24.3 Å². The molecule has 0 bridgehead atoms. The Balaban J connectivity index is 1.94. The maximum absolute atomic E-state index is 12.8. The van der Waals surface area contributed by atoms with Crippen LogP contribution in [0, 0.1) is 5.82 Å². The van der Waals surface area contributed by atoms with Gasteiger partial charge < -0.3 is 10.6 Å². The van der Waals surface area contributed by atoms with Gasteiger partial charge in [0.25, 0.3) is 5.91 Å². The van der Waals surface area contributed by atoms with Crippen molar-refractivity contribution in [1.29, 1.82) is 0 Å². The van der Waals surface area contributed by atoms with Gasteiger partial charge in [-0.3, -0.25) is 9.59 Å². The number of nitrogens with one attached hydrogen (secondary N) is 2. The van der Waals surface area contributed by atoms with E-state index in [9.17, 15) is 14.0 Å². The van der Waals surface area contributed by atoms with Crippen LogP contribution in [0.15, 0.2) is 48.5 Å². The van der Waals surface area contributed by atoms with Gasteiger partial charge in [0.1, 0.15) is 5.82 Å². The van der Waals surface area contributed by atoms with Gasteiger partial charge in [-0.1, -0.05) is 13.3 Å². The molecule has 2 amide bonds. The van der Waals surface area contributed by atoms with Gasteiger partial charge in [-0.2, -0.15) is 0 Å². The molecule has 2 aromatic rings. The van der Waals surface area contributed by atoms with Gasteiger partial charge >= 0.3 is 0 Å². The lowest BCUT2D eigenvalue weighted by atomic mass is 10.1. The molecule has 0 unspecified atom stereocenters. The largest absolute Gasteiger partial charge is 0.326 e. The van der Waals surface area contributed by atoms with Gasteiger partial charge in [0.2, 0.25) is 5.91 Å². The monoisotopic (exact) mass is 314 g/mol. The van der Waals surface area contributed by atoms with E-state index in [1.54, 1.807) is 24.3 Å². The zero-order chi connectivity index (χ0) is 16.7. The second-order valence-corrected chi connectivity index (χ2v) is 5.19. The van der Waals surface area contributed by atoms with Crippen molar-refractivity contribution in [3.63, 3.8) is 0 Å². The van der Waals surface area contributed by atoms with Crippen LogP contribution in [-0.4, -0.2) is 11.8 Å². The van der Waals surface area contributed by atoms with Crippen molar-refractivity contribution in [1.82, 2.24) is 0 Å². The van der Waals surface area contributed by atoms with E-state index in [-0.39, 0.29) is 17.6 Å². The summed E-state index contributed by atoms with van der Waals surface area (Å²) < 4.78 is 12.8. The maximum Gasteiger partial charge on any atom is 0.255 e. The van der Waals surface area contributed by atoms with Gasteiger partial charge in [0, 0.05) is 23.4 Å². The Labute approximate surface area is 134 Å². The van der Waals surface area contributed by atoms with E-state index in [0.717, 1.165) is 12.8 Å². The molecule has 0 atom stereocenters. The summed E-state index contributed by atoms with van der Waals surface area (Å²) in [4.78, 5) is 23.7. The first-order chi connectivity index (χ1) is 11.1. The van der Waals surface area contributed by atoms with Crippen molar-refractivity contribution in [2.75, 3.05) is 10.6 Å². The van der Waals surface area contributed by atoms with Crippen molar-refractivity contribution < 1.29 is 14.0 Å². The first kappa shape index (κ1) is 16.7. The summed E-state index contributed by atoms with van der Waals surface area (Å²) in [6, 6.07) is 12.2. The fourth-order valence-corrected chi connectivity index (χ4v) is 2.00. The van der Waals surface area contributed by atoms with Crippen molar-refractivity contribution in [2.45, 2.75) is 26.2 Å². The second-order valence-electron chi connectivity index (χ2n) is 5.19. The highest BCUT2D eigenvalue weighted by Gasteiger charge is 2.07. The SMILES string of the molecule is CCCCC(=O)Nc1ccc(C(=O)Nc2ccc(F)cc2)cc1. The minimum absolute atomic E-state index is 0.0321. The summed E-state index contributed by atoms with van der Waals surface area (Å²) in [5.74, 6) is -0.679. The standard InChI is InChI=1S/C18H19FN2O2/c1-2-3-4-17(22)20-15-9-5-13(6-10-15)18(23)21-16-11-7-14(19)8-12-16/h5-12H,2-4H2,1H3,(H,20,22)(H,21,23). The van der Waals surface area contributed by atoms with Crippen LogP contribution < -0.4 is 10.6 Å². The molecule has 2 aromatic carbocycles. The molecule has 23 heavy (non-hydrogen) atoms. The minimum Gasteiger partial charge on any atom is -0.326 e. The van der Waals surface area contributed by atoms with Crippen molar-refractivity contribution in [3.05, 3.63) is 59.9 Å². The zero-order valence-electron chi connectivity index (χ0n) is 12.9. The number of anilines is 2. The summed E-state index contributed by atoms with van der Waals surface area (Å²) in [5, 5.41) is 5.47. The van der Waals surface area contributed by atoms with Gasteiger partial charge in [-0.25, -0.2) is 4.39 Å². The minimum atomic E-state index is -0.355. The highest BCUT2D eigenvalue weighted by molar-refractivity contribution is 6.04. The van der Waals surface area contributed by atoms with E-state index >= 15 is 0 Å². The number of unbranched alkanes of at least 4 members (excludes halogenated alkanes) is 1. The number of benzene rings is 2. The summed E-state index contributed by atoms with van der Waals surface area (Å²) >= 11 is 0. The van der Waals surface area contributed by atoms with Gasteiger partial charge in [0.05, 0.1) is 0 Å². The number of amides is 2. The van der Waals surface area contributed by atoms with Crippen LogP contribution in [0.1, 0.15) is 36.5 Å². The molecule has 0 heterocycles. The Morgan fingerprint density at radius 2 is 1.48 bits per heavy atom. The zero-order valence-corrected chi connectivity index (χ0v) is 12.9. The second kappa shape index (κ2) is 8.08. The molecule has 0 saturated carbocycles. The van der Waals surface area contributed by atoms with E-state index in [1.807, 2.05) is 6.92 Å². The van der Waals surface area contributed by atoms with Crippen LogP contribution in [0.2, 0.25) is 0 Å². The average molecular weight is 314 g/mol. The third-order valence-corrected chi connectivity index (χ3v) is 3.29. The quantitative estimate of drug-likeness (QED) is 0.839. The Morgan fingerprint density at radius 1 is 0.913 bits per heavy atom. The normalized spacial score (nSPS) is 10.2. The maximum atomic E-state index is 12.8. The van der Waals surface area contributed by atoms with Crippen LogP contribution in [-0.2, 0) is 4.79 Å². The van der Waals surface area contributed by atoms with Crippen molar-refractivity contribution in [2.24, 2.45) is 0 Å². The lowest BCUT2D eigenvalue weighted by Gasteiger charge is -2.07. The molecular formula is C18H19FN2O2. The summed E-state index contributed by atoms with van der Waals surface area (Å²) in [6.45, 7) is 2.03. The molecule has 4 nitrogen and oxygen atoms in total. The fraction of sp³-hybridized carbons (Fsp3) is 0.222. The van der Waals surface area contributed by atoms with E-state index in [4.69, 9.17) is 0 Å². The van der Waals surface area contributed by atoms with Crippen molar-refractivity contribution in [3.8, 4) is 0 Å². The van der Waals surface area contributed by atoms with Crippen LogP contribution in [0.25, 0.3) is 0 Å². The van der Waals surface area contributed by atoms with Gasteiger partial charge in [-0.05, 0) is 55.0 Å². The summed E-state index contributed by atoms with van der Waals surface area (Å²) in [7, 11) is 0. The number of halogens is 1. The van der Waals surface area contributed by atoms with Crippen LogP contribution >= 0.6 is 0 Å². The Kier molecular flexibility index (Phi) is 5.86. The molecular weight excluding hydrogens is 295 g/mol. The number of carbonyl (C=O) groups excluding carboxylic acids is 2. The molecule has 0 aromatic heterocycles. The molecule has 0 saturated heterocycles. The van der Waals surface area contributed by atoms with E-state index in [0.29, 0.717) is 23.4 Å². The average Bonchev–Trinajstić information content (AvgIpc) is 2.55. The first-order valence-electron chi connectivity index (χ1n) is 7.55. The first-order valence-corrected chi connectivity index (χ1v) is 7.55. The molecule has 5 heteroatoms. The Hall–Kier alpha value is -2.69. The van der Waals surface area contributed by atoms with Crippen LogP contribution in [0.5, 0.6) is 0 Å². The molecule has 0 spiro atoms. The number of rotatable bonds is 6. The highest BCUT2D eigenvalue weighted by Crippen LogP contribution is 2.14. The Bertz CT molecular complexity index is 666. The van der Waals surface area contributed by atoms with Crippen LogP contribution in [0.3, 0.4) is 0 Å². The van der Waals surface area contributed by atoms with Gasteiger partial charge in [-0.15, -0.1) is 0 Å². The molecule has 0 fully saturated rings.